The van der Waals surface area contributed by atoms with Gasteiger partial charge in [-0.2, -0.15) is 8.75 Å². The highest BCUT2D eigenvalue weighted by Gasteiger charge is 2.25. The van der Waals surface area contributed by atoms with Crippen molar-refractivity contribution in [2.45, 2.75) is 20.5 Å². The number of nitrogens with zero attached hydrogens (tertiary/aromatic N) is 4. The van der Waals surface area contributed by atoms with E-state index in [4.69, 9.17) is 9.47 Å². The standard InChI is InChI=1S/C18H22N4O4S/c1-3-25-18(24)22-9-7-21(8-10-22)17(23)14-5-4-6-15(11-14)26-12-16-13(2)19-27-20-16/h4-6,11H,3,7-10,12H2,1-2H3. The maximum atomic E-state index is 12.8. The molecule has 8 nitrogen and oxygen atoms in total. The van der Waals surface area contributed by atoms with Gasteiger partial charge in [-0.3, -0.25) is 4.79 Å². The van der Waals surface area contributed by atoms with E-state index in [2.05, 4.69) is 8.75 Å². The molecular weight excluding hydrogens is 368 g/mol. The Morgan fingerprint density at radius 2 is 1.89 bits per heavy atom. The molecule has 0 saturated carbocycles. The lowest BCUT2D eigenvalue weighted by molar-refractivity contribution is 0.0570. The summed E-state index contributed by atoms with van der Waals surface area (Å²) in [7, 11) is 0. The number of benzene rings is 1. The van der Waals surface area contributed by atoms with Crippen LogP contribution in [0.3, 0.4) is 0 Å². The van der Waals surface area contributed by atoms with Crippen molar-refractivity contribution >= 4 is 23.7 Å². The van der Waals surface area contributed by atoms with Crippen LogP contribution in [0.2, 0.25) is 0 Å². The summed E-state index contributed by atoms with van der Waals surface area (Å²) in [5.41, 5.74) is 2.21. The zero-order valence-corrected chi connectivity index (χ0v) is 16.2. The average Bonchev–Trinajstić information content (AvgIpc) is 3.11. The third kappa shape index (κ3) is 4.73. The minimum atomic E-state index is -0.327. The van der Waals surface area contributed by atoms with Gasteiger partial charge >= 0.3 is 6.09 Å². The van der Waals surface area contributed by atoms with Crippen molar-refractivity contribution in [3.05, 3.63) is 41.2 Å². The third-order valence-electron chi connectivity index (χ3n) is 4.30. The Morgan fingerprint density at radius 1 is 1.15 bits per heavy atom. The number of aromatic nitrogens is 2. The number of carbonyl (C=O) groups is 2. The smallest absolute Gasteiger partial charge is 0.409 e. The molecule has 144 valence electrons. The van der Waals surface area contributed by atoms with Crippen molar-refractivity contribution in [3.63, 3.8) is 0 Å². The highest BCUT2D eigenvalue weighted by atomic mass is 32.1. The molecule has 1 aliphatic heterocycles. The Balaban J connectivity index is 1.57. The molecule has 27 heavy (non-hydrogen) atoms. The number of ether oxygens (including phenoxy) is 2. The van der Waals surface area contributed by atoms with E-state index in [1.807, 2.05) is 13.0 Å². The van der Waals surface area contributed by atoms with Gasteiger partial charge in [0.15, 0.2) is 0 Å². The van der Waals surface area contributed by atoms with Crippen LogP contribution in [0.4, 0.5) is 4.79 Å². The van der Waals surface area contributed by atoms with Gasteiger partial charge in [-0.15, -0.1) is 0 Å². The second kappa shape index (κ2) is 8.81. The lowest BCUT2D eigenvalue weighted by Crippen LogP contribution is -2.50. The Morgan fingerprint density at radius 3 is 2.56 bits per heavy atom. The fourth-order valence-corrected chi connectivity index (χ4v) is 3.29. The Bertz CT molecular complexity index is 802. The molecule has 0 aliphatic carbocycles. The second-order valence-corrected chi connectivity index (χ2v) is 6.62. The van der Waals surface area contributed by atoms with Crippen LogP contribution in [0.1, 0.15) is 28.7 Å². The van der Waals surface area contributed by atoms with Crippen molar-refractivity contribution in [2.75, 3.05) is 32.8 Å². The van der Waals surface area contributed by atoms with Crippen LogP contribution in [0.5, 0.6) is 5.75 Å². The van der Waals surface area contributed by atoms with Crippen LogP contribution in [0.15, 0.2) is 24.3 Å². The van der Waals surface area contributed by atoms with Gasteiger partial charge in [-0.1, -0.05) is 6.07 Å². The molecule has 0 unspecified atom stereocenters. The van der Waals surface area contributed by atoms with Gasteiger partial charge < -0.3 is 19.3 Å². The van der Waals surface area contributed by atoms with Gasteiger partial charge in [0, 0.05) is 31.7 Å². The van der Waals surface area contributed by atoms with E-state index in [0.29, 0.717) is 50.7 Å². The van der Waals surface area contributed by atoms with E-state index in [0.717, 1.165) is 23.1 Å². The summed E-state index contributed by atoms with van der Waals surface area (Å²) in [6, 6.07) is 7.10. The number of hydrogen-bond donors (Lipinski definition) is 0. The molecule has 9 heteroatoms. The molecule has 0 spiro atoms. The van der Waals surface area contributed by atoms with Crippen LogP contribution in [-0.4, -0.2) is 63.3 Å². The lowest BCUT2D eigenvalue weighted by Gasteiger charge is -2.34. The maximum absolute atomic E-state index is 12.8. The van der Waals surface area contributed by atoms with E-state index in [9.17, 15) is 9.59 Å². The number of aryl methyl sites for hydroxylation is 1. The monoisotopic (exact) mass is 390 g/mol. The number of amides is 2. The Kier molecular flexibility index (Phi) is 6.23. The fourth-order valence-electron chi connectivity index (χ4n) is 2.74. The van der Waals surface area contributed by atoms with Gasteiger partial charge in [-0.25, -0.2) is 4.79 Å². The summed E-state index contributed by atoms with van der Waals surface area (Å²) in [4.78, 5) is 27.9. The van der Waals surface area contributed by atoms with Crippen molar-refractivity contribution < 1.29 is 19.1 Å². The van der Waals surface area contributed by atoms with Gasteiger partial charge in [0.25, 0.3) is 5.91 Å². The average molecular weight is 390 g/mol. The number of hydrogen-bond acceptors (Lipinski definition) is 7. The first-order valence-electron chi connectivity index (χ1n) is 8.80. The largest absolute Gasteiger partial charge is 0.487 e. The first kappa shape index (κ1) is 19.1. The number of rotatable bonds is 5. The number of carbonyl (C=O) groups excluding carboxylic acids is 2. The fraction of sp³-hybridized carbons (Fsp3) is 0.444. The van der Waals surface area contributed by atoms with E-state index in [1.165, 1.54) is 0 Å². The molecule has 1 aromatic heterocycles. The van der Waals surface area contributed by atoms with Crippen LogP contribution < -0.4 is 4.74 Å². The van der Waals surface area contributed by atoms with E-state index >= 15 is 0 Å². The third-order valence-corrected chi connectivity index (χ3v) is 4.95. The molecular formula is C18H22N4O4S. The molecule has 3 rings (SSSR count). The summed E-state index contributed by atoms with van der Waals surface area (Å²) < 4.78 is 19.1. The lowest BCUT2D eigenvalue weighted by atomic mass is 10.1. The zero-order chi connectivity index (χ0) is 19.2. The topological polar surface area (TPSA) is 84.9 Å². The van der Waals surface area contributed by atoms with Crippen LogP contribution in [-0.2, 0) is 11.3 Å². The van der Waals surface area contributed by atoms with Crippen molar-refractivity contribution in [1.29, 1.82) is 0 Å². The maximum Gasteiger partial charge on any atom is 0.409 e. The molecule has 1 fully saturated rings. The van der Waals surface area contributed by atoms with Crippen molar-refractivity contribution in [3.8, 4) is 5.75 Å². The normalized spacial score (nSPS) is 14.1. The zero-order valence-electron chi connectivity index (χ0n) is 15.4. The minimum Gasteiger partial charge on any atom is -0.487 e. The van der Waals surface area contributed by atoms with E-state index in [-0.39, 0.29) is 12.0 Å². The van der Waals surface area contributed by atoms with Crippen LogP contribution >= 0.6 is 11.7 Å². The van der Waals surface area contributed by atoms with Gasteiger partial charge in [-0.05, 0) is 32.0 Å². The summed E-state index contributed by atoms with van der Waals surface area (Å²) >= 11 is 1.16. The first-order chi connectivity index (χ1) is 13.1. The summed E-state index contributed by atoms with van der Waals surface area (Å²) in [5, 5.41) is 0. The Labute approximate surface area is 162 Å². The minimum absolute atomic E-state index is 0.0736. The van der Waals surface area contributed by atoms with Gasteiger partial charge in [0.05, 0.1) is 24.0 Å². The highest BCUT2D eigenvalue weighted by Crippen LogP contribution is 2.18. The van der Waals surface area contributed by atoms with Crippen LogP contribution in [0.25, 0.3) is 0 Å². The molecule has 1 aromatic carbocycles. The quantitative estimate of drug-likeness (QED) is 0.779. The molecule has 2 amide bonds. The molecule has 0 N–H and O–H groups in total. The van der Waals surface area contributed by atoms with E-state index in [1.54, 1.807) is 34.9 Å². The molecule has 0 radical (unpaired) electrons. The second-order valence-electron chi connectivity index (χ2n) is 6.09. The molecule has 0 bridgehead atoms. The molecule has 0 atom stereocenters. The first-order valence-corrected chi connectivity index (χ1v) is 9.53. The summed E-state index contributed by atoms with van der Waals surface area (Å²) in [5.74, 6) is 0.536. The molecule has 2 heterocycles. The predicted molar refractivity (Wildman–Crippen MR) is 99.9 cm³/mol. The van der Waals surface area contributed by atoms with Gasteiger partial charge in [0.2, 0.25) is 0 Å². The summed E-state index contributed by atoms with van der Waals surface area (Å²) in [6.07, 6.45) is -0.327. The Hall–Kier alpha value is -2.68. The van der Waals surface area contributed by atoms with E-state index < -0.39 is 0 Å². The number of piperazine rings is 1. The molecule has 1 saturated heterocycles. The SMILES string of the molecule is CCOC(=O)N1CCN(C(=O)c2cccc(OCc3nsnc3C)c2)CC1. The molecule has 1 aliphatic rings. The molecule has 2 aromatic rings. The predicted octanol–water partition coefficient (Wildman–Crippen LogP) is 2.34. The highest BCUT2D eigenvalue weighted by molar-refractivity contribution is 6.99. The van der Waals surface area contributed by atoms with Gasteiger partial charge in [0.1, 0.15) is 18.1 Å². The van der Waals surface area contributed by atoms with Crippen molar-refractivity contribution in [1.82, 2.24) is 18.5 Å². The van der Waals surface area contributed by atoms with Crippen molar-refractivity contribution in [2.24, 2.45) is 0 Å². The van der Waals surface area contributed by atoms with Crippen LogP contribution in [0, 0.1) is 6.92 Å². The summed E-state index contributed by atoms with van der Waals surface area (Å²) in [6.45, 7) is 6.23.